The smallest absolute Gasteiger partial charge is 0.326 e. The van der Waals surface area contributed by atoms with Gasteiger partial charge in [-0.15, -0.1) is 0 Å². The molecule has 2 aromatic carbocycles. The van der Waals surface area contributed by atoms with Gasteiger partial charge in [-0.1, -0.05) is 36.4 Å². The highest BCUT2D eigenvalue weighted by atomic mass is 16.5. The summed E-state index contributed by atoms with van der Waals surface area (Å²) in [7, 11) is 1.70. The first-order valence-corrected chi connectivity index (χ1v) is 8.55. The molecule has 2 amide bonds. The zero-order valence-electron chi connectivity index (χ0n) is 14.5. The van der Waals surface area contributed by atoms with Crippen LogP contribution in [0.25, 0.3) is 0 Å². The van der Waals surface area contributed by atoms with Gasteiger partial charge < -0.3 is 14.8 Å². The number of carbonyl (C=O) groups excluding carboxylic acids is 1. The van der Waals surface area contributed by atoms with Crippen LogP contribution in [0.15, 0.2) is 60.7 Å². The number of urea groups is 1. The van der Waals surface area contributed by atoms with Crippen molar-refractivity contribution in [3.63, 3.8) is 0 Å². The van der Waals surface area contributed by atoms with Crippen molar-refractivity contribution in [3.05, 3.63) is 60.7 Å². The van der Waals surface area contributed by atoms with E-state index in [1.54, 1.807) is 12.0 Å². The molecule has 0 radical (unpaired) electrons. The van der Waals surface area contributed by atoms with Gasteiger partial charge in [0, 0.05) is 39.7 Å². The van der Waals surface area contributed by atoms with Crippen LogP contribution in [0.1, 0.15) is 12.8 Å². The molecule has 1 N–H and O–H groups in total. The molecule has 0 aliphatic carbocycles. The molecule has 3 rings (SSSR count). The summed E-state index contributed by atoms with van der Waals surface area (Å²) in [5.41, 5.74) is 1.29. The molecule has 0 unspecified atom stereocenters. The third-order valence-electron chi connectivity index (χ3n) is 4.63. The van der Waals surface area contributed by atoms with Gasteiger partial charge >= 0.3 is 6.03 Å². The summed E-state index contributed by atoms with van der Waals surface area (Å²) in [6.07, 6.45) is 1.56. The molecule has 1 aliphatic rings. The van der Waals surface area contributed by atoms with Gasteiger partial charge in [-0.3, -0.25) is 4.90 Å². The lowest BCUT2D eigenvalue weighted by Gasteiger charge is -2.36. The highest BCUT2D eigenvalue weighted by Crippen LogP contribution is 2.26. The number of amides is 2. The van der Waals surface area contributed by atoms with Gasteiger partial charge in [-0.25, -0.2) is 4.79 Å². The number of ether oxygens (including phenoxy) is 2. The van der Waals surface area contributed by atoms with E-state index in [-0.39, 0.29) is 11.6 Å². The second-order valence-electron chi connectivity index (χ2n) is 6.16. The molecule has 0 bridgehead atoms. The minimum Gasteiger partial charge on any atom is -0.381 e. The maximum absolute atomic E-state index is 13.0. The first-order chi connectivity index (χ1) is 12.2. The third-order valence-corrected chi connectivity index (χ3v) is 4.63. The number of para-hydroxylation sites is 2. The number of benzene rings is 2. The van der Waals surface area contributed by atoms with Crippen molar-refractivity contribution >= 4 is 17.4 Å². The molecule has 0 aromatic heterocycles. The molecular weight excluding hydrogens is 316 g/mol. The fraction of sp³-hybridized carbons (Fsp3) is 0.350. The molecule has 25 heavy (non-hydrogen) atoms. The van der Waals surface area contributed by atoms with Crippen LogP contribution in [0.3, 0.4) is 0 Å². The molecule has 5 heteroatoms. The van der Waals surface area contributed by atoms with Crippen molar-refractivity contribution in [2.75, 3.05) is 31.8 Å². The molecule has 1 aliphatic heterocycles. The first kappa shape index (κ1) is 17.5. The van der Waals surface area contributed by atoms with Gasteiger partial charge in [-0.05, 0) is 24.3 Å². The van der Waals surface area contributed by atoms with E-state index in [0.717, 1.165) is 24.2 Å². The molecule has 2 aromatic rings. The highest BCUT2D eigenvalue weighted by Gasteiger charge is 2.33. The standard InChI is InChI=1S/C20H24N2O3/c1-24-20(12-14-25-15-13-20)16-21-19(23)22(17-8-4-2-5-9-17)18-10-6-3-7-11-18/h2-11H,12-16H2,1H3,(H,21,23). The number of methoxy groups -OCH3 is 1. The quantitative estimate of drug-likeness (QED) is 0.902. The van der Waals surface area contributed by atoms with Gasteiger partial charge in [0.2, 0.25) is 0 Å². The number of nitrogens with one attached hydrogen (secondary N) is 1. The fourth-order valence-corrected chi connectivity index (χ4v) is 3.05. The van der Waals surface area contributed by atoms with Crippen LogP contribution in [-0.2, 0) is 9.47 Å². The Morgan fingerprint density at radius 3 is 2.04 bits per heavy atom. The lowest BCUT2D eigenvalue weighted by molar-refractivity contribution is -0.0860. The molecule has 132 valence electrons. The van der Waals surface area contributed by atoms with Crippen LogP contribution in [0.5, 0.6) is 0 Å². The number of hydrogen-bond acceptors (Lipinski definition) is 3. The zero-order valence-corrected chi connectivity index (χ0v) is 14.5. The Morgan fingerprint density at radius 2 is 1.56 bits per heavy atom. The van der Waals surface area contributed by atoms with E-state index < -0.39 is 0 Å². The van der Waals surface area contributed by atoms with Gasteiger partial charge in [0.15, 0.2) is 0 Å². The van der Waals surface area contributed by atoms with Crippen LogP contribution in [0.4, 0.5) is 16.2 Å². The summed E-state index contributed by atoms with van der Waals surface area (Å²) >= 11 is 0. The lowest BCUT2D eigenvalue weighted by atomic mass is 9.94. The second kappa shape index (κ2) is 8.14. The van der Waals surface area contributed by atoms with Crippen molar-refractivity contribution in [2.45, 2.75) is 18.4 Å². The molecule has 0 atom stereocenters. The minimum absolute atomic E-state index is 0.166. The summed E-state index contributed by atoms with van der Waals surface area (Å²) < 4.78 is 11.1. The van der Waals surface area contributed by atoms with E-state index in [9.17, 15) is 4.79 Å². The van der Waals surface area contributed by atoms with Crippen LogP contribution in [0, 0.1) is 0 Å². The summed E-state index contributed by atoms with van der Waals surface area (Å²) in [5.74, 6) is 0. The average molecular weight is 340 g/mol. The van der Waals surface area contributed by atoms with Gasteiger partial charge in [0.1, 0.15) is 0 Å². The minimum atomic E-state index is -0.354. The molecule has 1 fully saturated rings. The topological polar surface area (TPSA) is 50.8 Å². The largest absolute Gasteiger partial charge is 0.381 e. The summed E-state index contributed by atoms with van der Waals surface area (Å²) in [5, 5.41) is 3.05. The van der Waals surface area contributed by atoms with Crippen LogP contribution in [-0.4, -0.2) is 38.5 Å². The van der Waals surface area contributed by atoms with Crippen LogP contribution >= 0.6 is 0 Å². The Hall–Kier alpha value is -2.37. The number of hydrogen-bond donors (Lipinski definition) is 1. The fourth-order valence-electron chi connectivity index (χ4n) is 3.05. The van der Waals surface area contributed by atoms with Crippen molar-refractivity contribution in [2.24, 2.45) is 0 Å². The van der Waals surface area contributed by atoms with E-state index >= 15 is 0 Å². The predicted octanol–water partition coefficient (Wildman–Crippen LogP) is 3.73. The SMILES string of the molecule is COC1(CNC(=O)N(c2ccccc2)c2ccccc2)CCOCC1. The van der Waals surface area contributed by atoms with Gasteiger partial charge in [-0.2, -0.15) is 0 Å². The maximum atomic E-state index is 13.0. The summed E-state index contributed by atoms with van der Waals surface area (Å²) in [6.45, 7) is 1.78. The molecular formula is C20H24N2O3. The monoisotopic (exact) mass is 340 g/mol. The Labute approximate surface area is 148 Å². The average Bonchev–Trinajstić information content (AvgIpc) is 2.69. The number of carbonyl (C=O) groups is 1. The van der Waals surface area contributed by atoms with Crippen LogP contribution in [0.2, 0.25) is 0 Å². The van der Waals surface area contributed by atoms with E-state index in [2.05, 4.69) is 5.32 Å². The van der Waals surface area contributed by atoms with Crippen molar-refractivity contribution in [1.82, 2.24) is 5.32 Å². The van der Waals surface area contributed by atoms with Crippen molar-refractivity contribution in [1.29, 1.82) is 0 Å². The Bertz CT molecular complexity index is 630. The summed E-state index contributed by atoms with van der Waals surface area (Å²) in [6, 6.07) is 19.1. The number of nitrogens with zero attached hydrogens (tertiary/aromatic N) is 1. The lowest BCUT2D eigenvalue weighted by Crippen LogP contribution is -2.50. The van der Waals surface area contributed by atoms with Gasteiger partial charge in [0.05, 0.1) is 17.0 Å². The van der Waals surface area contributed by atoms with Gasteiger partial charge in [0.25, 0.3) is 0 Å². The number of anilines is 2. The molecule has 0 spiro atoms. The molecule has 1 heterocycles. The third kappa shape index (κ3) is 4.18. The van der Waals surface area contributed by atoms with E-state index in [0.29, 0.717) is 19.8 Å². The summed E-state index contributed by atoms with van der Waals surface area (Å²) in [4.78, 5) is 14.7. The molecule has 5 nitrogen and oxygen atoms in total. The van der Waals surface area contributed by atoms with Crippen molar-refractivity contribution < 1.29 is 14.3 Å². The normalized spacial score (nSPS) is 16.2. The maximum Gasteiger partial charge on any atom is 0.326 e. The second-order valence-corrected chi connectivity index (χ2v) is 6.16. The van der Waals surface area contributed by atoms with E-state index in [4.69, 9.17) is 9.47 Å². The Morgan fingerprint density at radius 1 is 1.04 bits per heavy atom. The van der Waals surface area contributed by atoms with Crippen LogP contribution < -0.4 is 10.2 Å². The Kier molecular flexibility index (Phi) is 5.68. The van der Waals surface area contributed by atoms with E-state index in [1.165, 1.54) is 0 Å². The zero-order chi connectivity index (χ0) is 17.5. The van der Waals surface area contributed by atoms with E-state index in [1.807, 2.05) is 60.7 Å². The van der Waals surface area contributed by atoms with Crippen molar-refractivity contribution in [3.8, 4) is 0 Å². The Balaban J connectivity index is 1.78. The number of rotatable bonds is 5. The predicted molar refractivity (Wildman–Crippen MR) is 98.2 cm³/mol. The first-order valence-electron chi connectivity index (χ1n) is 8.55. The highest BCUT2D eigenvalue weighted by molar-refractivity contribution is 5.99. The molecule has 1 saturated heterocycles. The molecule has 0 saturated carbocycles.